The highest BCUT2D eigenvalue weighted by Crippen LogP contribution is 2.60. The Morgan fingerprint density at radius 3 is 2.48 bits per heavy atom. The first kappa shape index (κ1) is 17.7. The standard InChI is InChI=1S/C26H26N4O/c1-2-6-22-21(5-1)23(7-8-27-22)31-16-20-4-3-9-30-24(20)28-29-25(30)26-13-17-10-18(14-26)12-19(11-17)15-26/h1-9,17-19H,10-16H2. The number of fused-ring (bicyclic) bond motifs is 2. The maximum absolute atomic E-state index is 6.25. The number of benzene rings is 1. The molecule has 4 aliphatic rings. The lowest BCUT2D eigenvalue weighted by atomic mass is 9.49. The minimum atomic E-state index is 0.231. The van der Waals surface area contributed by atoms with Crippen LogP contribution in [-0.2, 0) is 12.0 Å². The summed E-state index contributed by atoms with van der Waals surface area (Å²) in [5.41, 5.74) is 3.19. The van der Waals surface area contributed by atoms with E-state index in [9.17, 15) is 0 Å². The minimum absolute atomic E-state index is 0.231. The number of nitrogens with zero attached hydrogens (tertiary/aromatic N) is 4. The summed E-state index contributed by atoms with van der Waals surface area (Å²) < 4.78 is 8.51. The molecule has 0 unspecified atom stereocenters. The lowest BCUT2D eigenvalue weighted by molar-refractivity contribution is -0.00984. The molecule has 0 spiro atoms. The van der Waals surface area contributed by atoms with Crippen molar-refractivity contribution in [1.82, 2.24) is 19.6 Å². The first-order valence-electron chi connectivity index (χ1n) is 11.6. The molecule has 3 aromatic heterocycles. The number of rotatable bonds is 4. The molecule has 156 valence electrons. The van der Waals surface area contributed by atoms with E-state index in [-0.39, 0.29) is 5.41 Å². The van der Waals surface area contributed by atoms with Gasteiger partial charge in [0.1, 0.15) is 18.2 Å². The quantitative estimate of drug-likeness (QED) is 0.457. The average Bonchev–Trinajstić information content (AvgIpc) is 3.22. The van der Waals surface area contributed by atoms with Gasteiger partial charge < -0.3 is 4.74 Å². The van der Waals surface area contributed by atoms with Crippen molar-refractivity contribution in [3.8, 4) is 5.75 Å². The molecular formula is C26H26N4O. The van der Waals surface area contributed by atoms with Gasteiger partial charge in [0.05, 0.1) is 5.52 Å². The summed E-state index contributed by atoms with van der Waals surface area (Å²) in [6.07, 6.45) is 12.2. The molecule has 0 aliphatic heterocycles. The second-order valence-corrected chi connectivity index (χ2v) is 10.1. The Bertz CT molecular complexity index is 1250. The van der Waals surface area contributed by atoms with E-state index < -0.39 is 0 Å². The topological polar surface area (TPSA) is 52.3 Å². The van der Waals surface area contributed by atoms with Gasteiger partial charge in [-0.1, -0.05) is 18.2 Å². The molecule has 4 bridgehead atoms. The Balaban J connectivity index is 1.23. The lowest BCUT2D eigenvalue weighted by Crippen LogP contribution is -2.49. The van der Waals surface area contributed by atoms with E-state index in [0.717, 1.165) is 45.6 Å². The van der Waals surface area contributed by atoms with Gasteiger partial charge in [-0.05, 0) is 80.5 Å². The van der Waals surface area contributed by atoms with Gasteiger partial charge in [0.15, 0.2) is 5.65 Å². The molecule has 0 atom stereocenters. The van der Waals surface area contributed by atoms with Gasteiger partial charge in [0.25, 0.3) is 0 Å². The Morgan fingerprint density at radius 2 is 1.68 bits per heavy atom. The molecule has 5 nitrogen and oxygen atoms in total. The number of pyridine rings is 2. The third-order valence-corrected chi connectivity index (χ3v) is 8.02. The number of hydrogen-bond donors (Lipinski definition) is 0. The van der Waals surface area contributed by atoms with E-state index >= 15 is 0 Å². The molecular weight excluding hydrogens is 384 g/mol. The Kier molecular flexibility index (Phi) is 3.72. The van der Waals surface area contributed by atoms with E-state index in [0.29, 0.717) is 6.61 Å². The summed E-state index contributed by atoms with van der Waals surface area (Å²) in [4.78, 5) is 4.43. The summed E-state index contributed by atoms with van der Waals surface area (Å²) in [6, 6.07) is 14.3. The molecule has 0 amide bonds. The van der Waals surface area contributed by atoms with E-state index in [1.807, 2.05) is 24.3 Å². The van der Waals surface area contributed by atoms with Crippen molar-refractivity contribution in [2.24, 2.45) is 17.8 Å². The highest BCUT2D eigenvalue weighted by Gasteiger charge is 2.53. The molecule has 8 rings (SSSR count). The maximum atomic E-state index is 6.25. The van der Waals surface area contributed by atoms with Gasteiger partial charge in [-0.15, -0.1) is 10.2 Å². The summed E-state index contributed by atoms with van der Waals surface area (Å²) in [5, 5.41) is 10.5. The number of hydrogen-bond acceptors (Lipinski definition) is 4. The average molecular weight is 411 g/mol. The van der Waals surface area contributed by atoms with Gasteiger partial charge in [-0.25, -0.2) is 0 Å². The molecule has 4 fully saturated rings. The van der Waals surface area contributed by atoms with Gasteiger partial charge in [0.2, 0.25) is 0 Å². The molecule has 0 radical (unpaired) electrons. The predicted molar refractivity (Wildman–Crippen MR) is 119 cm³/mol. The predicted octanol–water partition coefficient (Wildman–Crippen LogP) is 5.32. The molecule has 3 heterocycles. The summed E-state index contributed by atoms with van der Waals surface area (Å²) in [5.74, 6) is 4.73. The lowest BCUT2D eigenvalue weighted by Gasteiger charge is -2.55. The van der Waals surface area contributed by atoms with Crippen molar-refractivity contribution in [3.63, 3.8) is 0 Å². The molecule has 5 heteroatoms. The van der Waals surface area contributed by atoms with Crippen LogP contribution < -0.4 is 4.74 Å². The zero-order valence-electron chi connectivity index (χ0n) is 17.6. The third kappa shape index (κ3) is 2.72. The van der Waals surface area contributed by atoms with Crippen LogP contribution in [0.3, 0.4) is 0 Å². The largest absolute Gasteiger partial charge is 0.488 e. The molecule has 0 saturated heterocycles. The Hall–Kier alpha value is -2.95. The van der Waals surface area contributed by atoms with E-state index in [1.54, 1.807) is 6.20 Å². The fourth-order valence-corrected chi connectivity index (χ4v) is 7.18. The first-order valence-corrected chi connectivity index (χ1v) is 11.6. The van der Waals surface area contributed by atoms with Crippen molar-refractivity contribution >= 4 is 16.6 Å². The number of ether oxygens (including phenoxy) is 1. The monoisotopic (exact) mass is 410 g/mol. The van der Waals surface area contributed by atoms with Gasteiger partial charge in [0, 0.05) is 28.8 Å². The zero-order chi connectivity index (χ0) is 20.4. The highest BCUT2D eigenvalue weighted by molar-refractivity contribution is 5.84. The highest BCUT2D eigenvalue weighted by atomic mass is 16.5. The Morgan fingerprint density at radius 1 is 0.903 bits per heavy atom. The second kappa shape index (κ2) is 6.52. The fourth-order valence-electron chi connectivity index (χ4n) is 7.18. The van der Waals surface area contributed by atoms with E-state index in [2.05, 4.69) is 38.9 Å². The van der Waals surface area contributed by atoms with Crippen LogP contribution in [0, 0.1) is 17.8 Å². The van der Waals surface area contributed by atoms with Crippen molar-refractivity contribution < 1.29 is 4.74 Å². The van der Waals surface area contributed by atoms with E-state index in [4.69, 9.17) is 9.84 Å². The van der Waals surface area contributed by atoms with Crippen molar-refractivity contribution in [2.75, 3.05) is 0 Å². The van der Waals surface area contributed by atoms with Crippen LogP contribution in [0.2, 0.25) is 0 Å². The summed E-state index contributed by atoms with van der Waals surface area (Å²) in [7, 11) is 0. The number of aromatic nitrogens is 4. The minimum Gasteiger partial charge on any atom is -0.488 e. The SMILES string of the molecule is c1ccc2c(OCc3cccn4c(C56CC7CC(CC(C7)C5)C6)nnc34)ccnc2c1. The van der Waals surface area contributed by atoms with Crippen LogP contribution in [0.1, 0.15) is 49.9 Å². The summed E-state index contributed by atoms with van der Waals surface area (Å²) in [6.45, 7) is 0.470. The first-order chi connectivity index (χ1) is 15.3. The molecule has 1 aromatic carbocycles. The molecule has 4 aliphatic carbocycles. The van der Waals surface area contributed by atoms with Crippen LogP contribution in [0.5, 0.6) is 5.75 Å². The maximum Gasteiger partial charge on any atom is 0.167 e. The number of para-hydroxylation sites is 1. The Labute approximate surface area is 181 Å². The third-order valence-electron chi connectivity index (χ3n) is 8.02. The summed E-state index contributed by atoms with van der Waals surface area (Å²) >= 11 is 0. The molecule has 31 heavy (non-hydrogen) atoms. The van der Waals surface area contributed by atoms with E-state index in [1.165, 1.54) is 44.3 Å². The van der Waals surface area contributed by atoms with Crippen LogP contribution in [0.15, 0.2) is 54.9 Å². The van der Waals surface area contributed by atoms with Crippen LogP contribution in [-0.4, -0.2) is 19.6 Å². The van der Waals surface area contributed by atoms with Gasteiger partial charge in [-0.2, -0.15) is 0 Å². The molecule has 4 saturated carbocycles. The molecule has 0 N–H and O–H groups in total. The fraction of sp³-hybridized carbons (Fsp3) is 0.423. The smallest absolute Gasteiger partial charge is 0.167 e. The normalized spacial score (nSPS) is 29.1. The van der Waals surface area contributed by atoms with Crippen molar-refractivity contribution in [2.45, 2.75) is 50.5 Å². The second-order valence-electron chi connectivity index (χ2n) is 10.1. The van der Waals surface area contributed by atoms with Gasteiger partial charge in [-0.3, -0.25) is 9.38 Å². The molecule has 4 aromatic rings. The van der Waals surface area contributed by atoms with Crippen molar-refractivity contribution in [3.05, 3.63) is 66.2 Å². The zero-order valence-corrected chi connectivity index (χ0v) is 17.6. The van der Waals surface area contributed by atoms with Crippen LogP contribution in [0.4, 0.5) is 0 Å². The van der Waals surface area contributed by atoms with Crippen LogP contribution >= 0.6 is 0 Å². The van der Waals surface area contributed by atoms with Crippen molar-refractivity contribution in [1.29, 1.82) is 0 Å². The van der Waals surface area contributed by atoms with Crippen LogP contribution in [0.25, 0.3) is 16.6 Å². The van der Waals surface area contributed by atoms with Gasteiger partial charge >= 0.3 is 0 Å².